The van der Waals surface area contributed by atoms with Gasteiger partial charge in [-0.2, -0.15) is 5.26 Å². The molecule has 0 aliphatic heterocycles. The molecular weight excluding hydrogens is 204 g/mol. The van der Waals surface area contributed by atoms with E-state index >= 15 is 0 Å². The van der Waals surface area contributed by atoms with E-state index in [1.165, 1.54) is 4.90 Å². The Balaban J connectivity index is 2.42. The second kappa shape index (κ2) is 5.09. The molecule has 0 aliphatic rings. The number of nitrogens with zero attached hydrogens (tertiary/aromatic N) is 1. The van der Waals surface area contributed by atoms with Crippen molar-refractivity contribution in [2.24, 2.45) is 5.41 Å². The van der Waals surface area contributed by atoms with E-state index in [-0.39, 0.29) is 5.41 Å². The van der Waals surface area contributed by atoms with E-state index in [1.807, 2.05) is 38.1 Å². The largest absolute Gasteiger partial charge is 0.399 e. The molecule has 0 amide bonds. The summed E-state index contributed by atoms with van der Waals surface area (Å²) in [5.74, 6) is 0.948. The van der Waals surface area contributed by atoms with Gasteiger partial charge in [0, 0.05) is 10.6 Å². The second-order valence-electron chi connectivity index (χ2n) is 4.17. The Bertz CT molecular complexity index is 366. The van der Waals surface area contributed by atoms with Crippen LogP contribution >= 0.6 is 11.8 Å². The number of nitrogens with two attached hydrogens (primary N) is 1. The molecule has 0 saturated heterocycles. The third-order valence-corrected chi connectivity index (χ3v) is 3.15. The second-order valence-corrected chi connectivity index (χ2v) is 5.33. The minimum atomic E-state index is -0.229. The first-order valence-corrected chi connectivity index (χ1v) is 5.92. The van der Waals surface area contributed by atoms with Crippen LogP contribution in [-0.2, 0) is 0 Å². The maximum Gasteiger partial charge on any atom is 0.0684 e. The third-order valence-electron chi connectivity index (χ3n) is 2.16. The lowest BCUT2D eigenvalue weighted by Crippen LogP contribution is -2.08. The van der Waals surface area contributed by atoms with Gasteiger partial charge in [-0.05, 0) is 44.2 Å². The highest BCUT2D eigenvalue weighted by molar-refractivity contribution is 7.99. The van der Waals surface area contributed by atoms with Crippen molar-refractivity contribution >= 4 is 17.4 Å². The third kappa shape index (κ3) is 4.26. The molecule has 1 aromatic carbocycles. The molecule has 1 rings (SSSR count). The molecule has 15 heavy (non-hydrogen) atoms. The van der Waals surface area contributed by atoms with Crippen molar-refractivity contribution in [1.29, 1.82) is 5.26 Å². The summed E-state index contributed by atoms with van der Waals surface area (Å²) in [6.45, 7) is 3.93. The summed E-state index contributed by atoms with van der Waals surface area (Å²) in [5.41, 5.74) is 6.24. The Morgan fingerprint density at radius 3 is 2.80 bits per heavy atom. The van der Waals surface area contributed by atoms with Crippen LogP contribution < -0.4 is 5.73 Å². The average molecular weight is 220 g/mol. The number of hydrogen-bond donors (Lipinski definition) is 1. The van der Waals surface area contributed by atoms with Gasteiger partial charge in [0.2, 0.25) is 0 Å². The number of hydrogen-bond acceptors (Lipinski definition) is 3. The molecule has 0 heterocycles. The van der Waals surface area contributed by atoms with E-state index in [9.17, 15) is 0 Å². The molecule has 0 fully saturated rings. The van der Waals surface area contributed by atoms with Gasteiger partial charge in [0.05, 0.1) is 11.5 Å². The molecule has 3 heteroatoms. The first-order chi connectivity index (χ1) is 7.03. The fraction of sp³-hybridized carbons (Fsp3) is 0.417. The molecule has 2 nitrogen and oxygen atoms in total. The maximum atomic E-state index is 8.86. The Hall–Kier alpha value is -1.14. The average Bonchev–Trinajstić information content (AvgIpc) is 2.18. The first-order valence-electron chi connectivity index (χ1n) is 4.93. The van der Waals surface area contributed by atoms with Gasteiger partial charge in [0.15, 0.2) is 0 Å². The molecule has 0 saturated carbocycles. The molecule has 0 radical (unpaired) electrons. The smallest absolute Gasteiger partial charge is 0.0684 e. The molecule has 0 bridgehead atoms. The molecule has 1 aromatic rings. The SMILES string of the molecule is CC(C)(C#N)CCSc1cccc(N)c1. The molecule has 2 N–H and O–H groups in total. The topological polar surface area (TPSA) is 49.8 Å². The van der Waals surface area contributed by atoms with Crippen molar-refractivity contribution in [1.82, 2.24) is 0 Å². The highest BCUT2D eigenvalue weighted by Crippen LogP contribution is 2.26. The predicted molar refractivity (Wildman–Crippen MR) is 65.6 cm³/mol. The lowest BCUT2D eigenvalue weighted by atomic mass is 9.93. The highest BCUT2D eigenvalue weighted by Gasteiger charge is 2.15. The maximum absolute atomic E-state index is 8.86. The quantitative estimate of drug-likeness (QED) is 0.625. The summed E-state index contributed by atoms with van der Waals surface area (Å²) in [4.78, 5) is 1.17. The van der Waals surface area contributed by atoms with Crippen molar-refractivity contribution in [3.8, 4) is 6.07 Å². The summed E-state index contributed by atoms with van der Waals surface area (Å²) in [6.07, 6.45) is 0.892. The van der Waals surface area contributed by atoms with Gasteiger partial charge in [-0.15, -0.1) is 11.8 Å². The summed E-state index contributed by atoms with van der Waals surface area (Å²) >= 11 is 1.75. The van der Waals surface area contributed by atoms with Gasteiger partial charge in [-0.3, -0.25) is 0 Å². The fourth-order valence-corrected chi connectivity index (χ4v) is 2.33. The lowest BCUT2D eigenvalue weighted by Gasteiger charge is -2.13. The van der Waals surface area contributed by atoms with Gasteiger partial charge < -0.3 is 5.73 Å². The van der Waals surface area contributed by atoms with Crippen LogP contribution in [0.3, 0.4) is 0 Å². The van der Waals surface area contributed by atoms with Crippen molar-refractivity contribution in [3.63, 3.8) is 0 Å². The lowest BCUT2D eigenvalue weighted by molar-refractivity contribution is 0.482. The van der Waals surface area contributed by atoms with E-state index in [0.29, 0.717) is 0 Å². The Morgan fingerprint density at radius 2 is 2.20 bits per heavy atom. The van der Waals surface area contributed by atoms with E-state index < -0.39 is 0 Å². The fourth-order valence-electron chi connectivity index (χ4n) is 1.08. The van der Waals surface area contributed by atoms with Gasteiger partial charge >= 0.3 is 0 Å². The van der Waals surface area contributed by atoms with Crippen LogP contribution in [0, 0.1) is 16.7 Å². The van der Waals surface area contributed by atoms with E-state index in [1.54, 1.807) is 11.8 Å². The summed E-state index contributed by atoms with van der Waals surface area (Å²) in [5, 5.41) is 8.86. The van der Waals surface area contributed by atoms with Gasteiger partial charge in [-0.1, -0.05) is 6.07 Å². The van der Waals surface area contributed by atoms with Crippen LogP contribution in [0.1, 0.15) is 20.3 Å². The summed E-state index contributed by atoms with van der Waals surface area (Å²) in [7, 11) is 0. The minimum absolute atomic E-state index is 0.229. The van der Waals surface area contributed by atoms with E-state index in [4.69, 9.17) is 11.0 Å². The Kier molecular flexibility index (Phi) is 4.05. The van der Waals surface area contributed by atoms with E-state index in [2.05, 4.69) is 6.07 Å². The predicted octanol–water partition coefficient (Wildman–Crippen LogP) is 3.30. The minimum Gasteiger partial charge on any atom is -0.399 e. The van der Waals surface area contributed by atoms with Gasteiger partial charge in [0.25, 0.3) is 0 Å². The molecular formula is C12H16N2S. The first kappa shape index (κ1) is 11.9. The van der Waals surface area contributed by atoms with Crippen molar-refractivity contribution in [2.75, 3.05) is 11.5 Å². The molecule has 0 unspecified atom stereocenters. The number of rotatable bonds is 4. The van der Waals surface area contributed by atoms with Crippen molar-refractivity contribution < 1.29 is 0 Å². The zero-order valence-corrected chi connectivity index (χ0v) is 9.97. The molecule has 0 aliphatic carbocycles. The highest BCUT2D eigenvalue weighted by atomic mass is 32.2. The number of nitriles is 1. The van der Waals surface area contributed by atoms with Crippen molar-refractivity contribution in [2.45, 2.75) is 25.2 Å². The van der Waals surface area contributed by atoms with Gasteiger partial charge in [-0.25, -0.2) is 0 Å². The van der Waals surface area contributed by atoms with Crippen LogP contribution in [0.5, 0.6) is 0 Å². The Morgan fingerprint density at radius 1 is 1.47 bits per heavy atom. The Labute approximate surface area is 95.5 Å². The van der Waals surface area contributed by atoms with E-state index in [0.717, 1.165) is 17.9 Å². The number of nitrogen functional groups attached to an aromatic ring is 1. The molecule has 0 spiro atoms. The number of thioether (sulfide) groups is 1. The number of anilines is 1. The molecule has 80 valence electrons. The van der Waals surface area contributed by atoms with Crippen LogP contribution in [-0.4, -0.2) is 5.75 Å². The van der Waals surface area contributed by atoms with Crippen LogP contribution in [0.2, 0.25) is 0 Å². The van der Waals surface area contributed by atoms with Gasteiger partial charge in [0.1, 0.15) is 0 Å². The molecule has 0 atom stereocenters. The van der Waals surface area contributed by atoms with Crippen molar-refractivity contribution in [3.05, 3.63) is 24.3 Å². The summed E-state index contributed by atoms with van der Waals surface area (Å²) in [6, 6.07) is 10.1. The monoisotopic (exact) mass is 220 g/mol. The van der Waals surface area contributed by atoms with Crippen LogP contribution in [0.4, 0.5) is 5.69 Å². The molecule has 0 aromatic heterocycles. The standard InChI is InChI=1S/C12H16N2S/c1-12(2,9-13)6-7-15-11-5-3-4-10(14)8-11/h3-5,8H,6-7,14H2,1-2H3. The number of benzene rings is 1. The zero-order valence-electron chi connectivity index (χ0n) is 9.16. The zero-order chi connectivity index (χ0) is 11.3. The van der Waals surface area contributed by atoms with Crippen LogP contribution in [0.15, 0.2) is 29.2 Å². The normalized spacial score (nSPS) is 11.0. The summed E-state index contributed by atoms with van der Waals surface area (Å²) < 4.78 is 0. The van der Waals surface area contributed by atoms with Crippen LogP contribution in [0.25, 0.3) is 0 Å².